The second-order valence-electron chi connectivity index (χ2n) is 7.20. The van der Waals surface area contributed by atoms with Gasteiger partial charge < -0.3 is 10.2 Å². The molecule has 1 aliphatic carbocycles. The normalized spacial score (nSPS) is 20.7. The molecule has 0 spiro atoms. The molecule has 1 aromatic rings. The topological polar surface area (TPSA) is 32.3 Å². The molecule has 1 saturated heterocycles. The fourth-order valence-corrected chi connectivity index (χ4v) is 3.96. The van der Waals surface area contributed by atoms with Gasteiger partial charge in [0.2, 0.25) is 5.91 Å². The van der Waals surface area contributed by atoms with Crippen LogP contribution in [0.25, 0.3) is 0 Å². The highest BCUT2D eigenvalue weighted by molar-refractivity contribution is 5.79. The van der Waals surface area contributed by atoms with Crippen molar-refractivity contribution in [2.75, 3.05) is 19.6 Å². The molecule has 0 aromatic heterocycles. The molecule has 1 N–H and O–H groups in total. The molecule has 126 valence electrons. The Bertz CT molecular complexity index is 474. The monoisotopic (exact) mass is 314 g/mol. The lowest BCUT2D eigenvalue weighted by atomic mass is 9.95. The second-order valence-corrected chi connectivity index (χ2v) is 7.20. The Labute approximate surface area is 140 Å². The number of amides is 1. The summed E-state index contributed by atoms with van der Waals surface area (Å²) in [5.74, 6) is 0.571. The predicted octanol–water partition coefficient (Wildman–Crippen LogP) is 3.39. The van der Waals surface area contributed by atoms with Crippen molar-refractivity contribution in [2.45, 2.75) is 57.4 Å². The molecule has 3 heteroatoms. The Balaban J connectivity index is 1.32. The standard InChI is InChI=1S/C20H30N2O/c23-20(21-19-10-4-5-11-19)18-12-15-22(16-13-18)14-6-9-17-7-2-1-3-8-17/h1-3,7-8,18-19H,4-6,9-16H2,(H,21,23). The molecule has 0 unspecified atom stereocenters. The van der Waals surface area contributed by atoms with Crippen molar-refractivity contribution >= 4 is 5.91 Å². The number of piperidine rings is 1. The molecule has 0 radical (unpaired) electrons. The maximum atomic E-state index is 12.3. The molecule has 1 heterocycles. The number of carbonyl (C=O) groups is 1. The quantitative estimate of drug-likeness (QED) is 0.873. The van der Waals surface area contributed by atoms with E-state index in [2.05, 4.69) is 40.5 Å². The van der Waals surface area contributed by atoms with Crippen LogP contribution in [0.2, 0.25) is 0 Å². The first kappa shape index (κ1) is 16.5. The molecule has 23 heavy (non-hydrogen) atoms. The lowest BCUT2D eigenvalue weighted by Gasteiger charge is -2.31. The van der Waals surface area contributed by atoms with Gasteiger partial charge in [-0.1, -0.05) is 43.2 Å². The number of nitrogens with zero attached hydrogens (tertiary/aromatic N) is 1. The molecule has 3 nitrogen and oxygen atoms in total. The Kier molecular flexibility index (Phi) is 6.09. The molecule has 0 atom stereocenters. The van der Waals surface area contributed by atoms with Crippen molar-refractivity contribution < 1.29 is 4.79 Å². The average molecular weight is 314 g/mol. The van der Waals surface area contributed by atoms with Gasteiger partial charge in [-0.15, -0.1) is 0 Å². The number of hydrogen-bond donors (Lipinski definition) is 1. The summed E-state index contributed by atoms with van der Waals surface area (Å²) >= 11 is 0. The molecular weight excluding hydrogens is 284 g/mol. The van der Waals surface area contributed by atoms with Crippen LogP contribution in [0.5, 0.6) is 0 Å². The summed E-state index contributed by atoms with van der Waals surface area (Å²) in [5, 5.41) is 3.27. The molecule has 2 fully saturated rings. The summed E-state index contributed by atoms with van der Waals surface area (Å²) in [6.45, 7) is 3.32. The van der Waals surface area contributed by atoms with Gasteiger partial charge in [0.15, 0.2) is 0 Å². The number of hydrogen-bond acceptors (Lipinski definition) is 2. The molecule has 0 bridgehead atoms. The number of rotatable bonds is 6. The fourth-order valence-electron chi connectivity index (χ4n) is 3.96. The third kappa shape index (κ3) is 5.07. The first-order chi connectivity index (χ1) is 11.3. The number of benzene rings is 1. The van der Waals surface area contributed by atoms with Crippen LogP contribution in [0.1, 0.15) is 50.5 Å². The zero-order chi connectivity index (χ0) is 15.9. The van der Waals surface area contributed by atoms with Crippen LogP contribution in [0.15, 0.2) is 30.3 Å². The van der Waals surface area contributed by atoms with Crippen LogP contribution in [0, 0.1) is 5.92 Å². The van der Waals surface area contributed by atoms with E-state index in [1.54, 1.807) is 0 Å². The molecule has 1 saturated carbocycles. The van der Waals surface area contributed by atoms with Gasteiger partial charge in [-0.2, -0.15) is 0 Å². The smallest absolute Gasteiger partial charge is 0.223 e. The summed E-state index contributed by atoms with van der Waals surface area (Å²) in [4.78, 5) is 14.9. The van der Waals surface area contributed by atoms with Crippen LogP contribution in [-0.2, 0) is 11.2 Å². The zero-order valence-corrected chi connectivity index (χ0v) is 14.2. The van der Waals surface area contributed by atoms with E-state index in [9.17, 15) is 4.79 Å². The van der Waals surface area contributed by atoms with Gasteiger partial charge >= 0.3 is 0 Å². The SMILES string of the molecule is O=C(NC1CCCC1)C1CCN(CCCc2ccccc2)CC1. The van der Waals surface area contributed by atoms with E-state index >= 15 is 0 Å². The molecule has 1 aliphatic heterocycles. The Morgan fingerprint density at radius 1 is 1.04 bits per heavy atom. The maximum Gasteiger partial charge on any atom is 0.223 e. The van der Waals surface area contributed by atoms with Crippen LogP contribution in [-0.4, -0.2) is 36.5 Å². The Hall–Kier alpha value is -1.35. The number of likely N-dealkylation sites (tertiary alicyclic amines) is 1. The fraction of sp³-hybridized carbons (Fsp3) is 0.650. The van der Waals surface area contributed by atoms with Gasteiger partial charge in [0, 0.05) is 12.0 Å². The van der Waals surface area contributed by atoms with E-state index in [1.165, 1.54) is 37.7 Å². The van der Waals surface area contributed by atoms with Crippen molar-refractivity contribution in [1.29, 1.82) is 0 Å². The molecule has 2 aliphatic rings. The minimum absolute atomic E-state index is 0.251. The first-order valence-corrected chi connectivity index (χ1v) is 9.38. The second kappa shape index (κ2) is 8.49. The van der Waals surface area contributed by atoms with Gasteiger partial charge in [-0.3, -0.25) is 4.79 Å². The number of aryl methyl sites for hydroxylation is 1. The summed E-state index contributed by atoms with van der Waals surface area (Å²) in [7, 11) is 0. The van der Waals surface area contributed by atoms with Crippen molar-refractivity contribution in [3.8, 4) is 0 Å². The molecule has 1 amide bonds. The number of nitrogens with one attached hydrogen (secondary N) is 1. The van der Waals surface area contributed by atoms with Gasteiger partial charge in [0.1, 0.15) is 0 Å². The summed E-state index contributed by atoms with van der Waals surface area (Å²) in [5.41, 5.74) is 1.43. The van der Waals surface area contributed by atoms with E-state index in [0.717, 1.165) is 38.9 Å². The number of carbonyl (C=O) groups excluding carboxylic acids is 1. The lowest BCUT2D eigenvalue weighted by molar-refractivity contribution is -0.127. The van der Waals surface area contributed by atoms with E-state index in [-0.39, 0.29) is 5.92 Å². The van der Waals surface area contributed by atoms with Gasteiger partial charge in [0.05, 0.1) is 0 Å². The van der Waals surface area contributed by atoms with Crippen LogP contribution in [0.4, 0.5) is 0 Å². The Morgan fingerprint density at radius 3 is 2.43 bits per heavy atom. The third-order valence-corrected chi connectivity index (χ3v) is 5.44. The van der Waals surface area contributed by atoms with Crippen molar-refractivity contribution in [3.05, 3.63) is 35.9 Å². The summed E-state index contributed by atoms with van der Waals surface area (Å²) in [6, 6.07) is 11.2. The molecule has 3 rings (SSSR count). The average Bonchev–Trinajstić information content (AvgIpc) is 3.09. The van der Waals surface area contributed by atoms with E-state index < -0.39 is 0 Å². The third-order valence-electron chi connectivity index (χ3n) is 5.44. The first-order valence-electron chi connectivity index (χ1n) is 9.38. The highest BCUT2D eigenvalue weighted by atomic mass is 16.1. The largest absolute Gasteiger partial charge is 0.353 e. The van der Waals surface area contributed by atoms with E-state index in [0.29, 0.717) is 11.9 Å². The van der Waals surface area contributed by atoms with Crippen LogP contribution < -0.4 is 5.32 Å². The van der Waals surface area contributed by atoms with Gasteiger partial charge in [-0.25, -0.2) is 0 Å². The zero-order valence-electron chi connectivity index (χ0n) is 14.2. The van der Waals surface area contributed by atoms with Gasteiger partial charge in [0.25, 0.3) is 0 Å². The van der Waals surface area contributed by atoms with Crippen molar-refractivity contribution in [1.82, 2.24) is 10.2 Å². The molecular formula is C20H30N2O. The van der Waals surface area contributed by atoms with Crippen LogP contribution >= 0.6 is 0 Å². The molecule has 1 aromatic carbocycles. The predicted molar refractivity (Wildman–Crippen MR) is 94.3 cm³/mol. The van der Waals surface area contributed by atoms with E-state index in [4.69, 9.17) is 0 Å². The van der Waals surface area contributed by atoms with Gasteiger partial charge in [-0.05, 0) is 63.7 Å². The summed E-state index contributed by atoms with van der Waals surface area (Å²) in [6.07, 6.45) is 9.36. The minimum atomic E-state index is 0.251. The van der Waals surface area contributed by atoms with E-state index in [1.807, 2.05) is 0 Å². The van der Waals surface area contributed by atoms with Crippen molar-refractivity contribution in [3.63, 3.8) is 0 Å². The van der Waals surface area contributed by atoms with Crippen LogP contribution in [0.3, 0.4) is 0 Å². The highest BCUT2D eigenvalue weighted by Gasteiger charge is 2.27. The minimum Gasteiger partial charge on any atom is -0.353 e. The Morgan fingerprint density at radius 2 is 1.74 bits per heavy atom. The highest BCUT2D eigenvalue weighted by Crippen LogP contribution is 2.21. The lowest BCUT2D eigenvalue weighted by Crippen LogP contribution is -2.43. The summed E-state index contributed by atoms with van der Waals surface area (Å²) < 4.78 is 0. The van der Waals surface area contributed by atoms with Crippen molar-refractivity contribution in [2.24, 2.45) is 5.92 Å². The maximum absolute atomic E-state index is 12.3.